The first-order valence-corrected chi connectivity index (χ1v) is 7.04. The number of rotatable bonds is 5. The van der Waals surface area contributed by atoms with Crippen molar-refractivity contribution in [2.45, 2.75) is 25.8 Å². The van der Waals surface area contributed by atoms with Crippen molar-refractivity contribution >= 4 is 0 Å². The van der Waals surface area contributed by atoms with Crippen molar-refractivity contribution in [3.05, 3.63) is 35.1 Å². The van der Waals surface area contributed by atoms with Crippen LogP contribution >= 0.6 is 0 Å². The van der Waals surface area contributed by atoms with Gasteiger partial charge in [-0.15, -0.1) is 0 Å². The molecule has 1 aliphatic heterocycles. The molecular formula is C15H23FN2O. The minimum atomic E-state index is -0.148. The van der Waals surface area contributed by atoms with Gasteiger partial charge < -0.3 is 10.4 Å². The van der Waals surface area contributed by atoms with Crippen LogP contribution in [-0.2, 0) is 0 Å². The summed E-state index contributed by atoms with van der Waals surface area (Å²) >= 11 is 0. The van der Waals surface area contributed by atoms with Crippen molar-refractivity contribution in [1.82, 2.24) is 10.2 Å². The molecule has 19 heavy (non-hydrogen) atoms. The second kappa shape index (κ2) is 6.98. The van der Waals surface area contributed by atoms with Gasteiger partial charge in [0.1, 0.15) is 5.82 Å². The topological polar surface area (TPSA) is 35.5 Å². The van der Waals surface area contributed by atoms with Crippen LogP contribution in [0.15, 0.2) is 18.2 Å². The molecule has 106 valence electrons. The van der Waals surface area contributed by atoms with Gasteiger partial charge in [-0.05, 0) is 37.0 Å². The molecule has 0 amide bonds. The summed E-state index contributed by atoms with van der Waals surface area (Å²) < 4.78 is 13.4. The van der Waals surface area contributed by atoms with Gasteiger partial charge in [0.05, 0.1) is 0 Å². The summed E-state index contributed by atoms with van der Waals surface area (Å²) in [5.41, 5.74) is 1.86. The van der Waals surface area contributed by atoms with Crippen molar-refractivity contribution in [3.63, 3.8) is 0 Å². The zero-order valence-electron chi connectivity index (χ0n) is 11.5. The van der Waals surface area contributed by atoms with Crippen LogP contribution in [0.2, 0.25) is 0 Å². The minimum Gasteiger partial charge on any atom is -0.396 e. The average molecular weight is 266 g/mol. The molecule has 0 aliphatic carbocycles. The molecule has 1 fully saturated rings. The minimum absolute atomic E-state index is 0.148. The Bertz CT molecular complexity index is 405. The van der Waals surface area contributed by atoms with Gasteiger partial charge in [-0.1, -0.05) is 12.1 Å². The van der Waals surface area contributed by atoms with E-state index in [0.717, 1.165) is 44.6 Å². The normalized spacial score (nSPS) is 18.5. The number of aryl methyl sites for hydroxylation is 1. The highest BCUT2D eigenvalue weighted by Crippen LogP contribution is 2.27. The van der Waals surface area contributed by atoms with Gasteiger partial charge in [0, 0.05) is 38.8 Å². The molecule has 4 heteroatoms. The lowest BCUT2D eigenvalue weighted by atomic mass is 9.98. The van der Waals surface area contributed by atoms with E-state index in [1.54, 1.807) is 13.0 Å². The standard InChI is InChI=1S/C15H23FN2O/c1-12-11-13(4-5-14(12)16)15(3-2-10-19)18-8-6-17-7-9-18/h4-5,11,15,17,19H,2-3,6-10H2,1H3/t15-/m0/s1. The third-order valence-corrected chi connectivity index (χ3v) is 3.79. The number of hydrogen-bond acceptors (Lipinski definition) is 3. The predicted octanol–water partition coefficient (Wildman–Crippen LogP) is 1.85. The number of aliphatic hydroxyl groups excluding tert-OH is 1. The third kappa shape index (κ3) is 3.75. The van der Waals surface area contributed by atoms with E-state index < -0.39 is 0 Å². The van der Waals surface area contributed by atoms with Crippen molar-refractivity contribution in [2.24, 2.45) is 0 Å². The van der Waals surface area contributed by atoms with E-state index in [1.807, 2.05) is 12.1 Å². The smallest absolute Gasteiger partial charge is 0.126 e. The van der Waals surface area contributed by atoms with E-state index in [2.05, 4.69) is 10.2 Å². The monoisotopic (exact) mass is 266 g/mol. The quantitative estimate of drug-likeness (QED) is 0.854. The Balaban J connectivity index is 2.17. The van der Waals surface area contributed by atoms with E-state index in [-0.39, 0.29) is 18.5 Å². The summed E-state index contributed by atoms with van der Waals surface area (Å²) in [7, 11) is 0. The molecule has 0 aromatic heterocycles. The molecule has 0 saturated carbocycles. The predicted molar refractivity (Wildman–Crippen MR) is 74.6 cm³/mol. The van der Waals surface area contributed by atoms with Crippen LogP contribution in [0.3, 0.4) is 0 Å². The SMILES string of the molecule is Cc1cc([C@H](CCCO)N2CCNCC2)ccc1F. The van der Waals surface area contributed by atoms with Gasteiger partial charge in [-0.2, -0.15) is 0 Å². The molecule has 0 unspecified atom stereocenters. The van der Waals surface area contributed by atoms with Crippen LogP contribution in [-0.4, -0.2) is 42.8 Å². The lowest BCUT2D eigenvalue weighted by Crippen LogP contribution is -2.45. The molecule has 0 spiro atoms. The molecule has 0 bridgehead atoms. The molecule has 0 radical (unpaired) electrons. The van der Waals surface area contributed by atoms with E-state index >= 15 is 0 Å². The Labute approximate surface area is 114 Å². The average Bonchev–Trinajstić information content (AvgIpc) is 2.44. The fourth-order valence-electron chi connectivity index (χ4n) is 2.71. The van der Waals surface area contributed by atoms with E-state index in [4.69, 9.17) is 5.11 Å². The number of benzene rings is 1. The van der Waals surface area contributed by atoms with E-state index in [9.17, 15) is 4.39 Å². The van der Waals surface area contributed by atoms with Gasteiger partial charge >= 0.3 is 0 Å². The Morgan fingerprint density at radius 3 is 2.74 bits per heavy atom. The summed E-state index contributed by atoms with van der Waals surface area (Å²) in [6.07, 6.45) is 1.70. The Morgan fingerprint density at radius 1 is 1.37 bits per heavy atom. The molecule has 2 rings (SSSR count). The molecule has 1 aliphatic rings. The lowest BCUT2D eigenvalue weighted by molar-refractivity contribution is 0.154. The zero-order chi connectivity index (χ0) is 13.7. The number of aliphatic hydroxyl groups is 1. The molecule has 1 aromatic rings. The van der Waals surface area contributed by atoms with Crippen LogP contribution < -0.4 is 5.32 Å². The molecule has 3 nitrogen and oxygen atoms in total. The number of piperazine rings is 1. The number of halogens is 1. The summed E-state index contributed by atoms with van der Waals surface area (Å²) in [6.45, 7) is 6.02. The van der Waals surface area contributed by atoms with Gasteiger partial charge in [0.25, 0.3) is 0 Å². The molecule has 1 aromatic carbocycles. The maximum absolute atomic E-state index is 13.4. The fourth-order valence-corrected chi connectivity index (χ4v) is 2.71. The molecular weight excluding hydrogens is 243 g/mol. The van der Waals surface area contributed by atoms with Gasteiger partial charge in [-0.3, -0.25) is 4.90 Å². The van der Waals surface area contributed by atoms with Crippen LogP contribution in [0.25, 0.3) is 0 Å². The Hall–Kier alpha value is -0.970. The maximum Gasteiger partial charge on any atom is 0.126 e. The lowest BCUT2D eigenvalue weighted by Gasteiger charge is -2.35. The molecule has 2 N–H and O–H groups in total. The number of nitrogens with zero attached hydrogens (tertiary/aromatic N) is 1. The van der Waals surface area contributed by atoms with Crippen LogP contribution in [0, 0.1) is 12.7 Å². The van der Waals surface area contributed by atoms with Crippen molar-refractivity contribution < 1.29 is 9.50 Å². The Morgan fingerprint density at radius 2 is 2.11 bits per heavy atom. The largest absolute Gasteiger partial charge is 0.396 e. The number of nitrogens with one attached hydrogen (secondary N) is 1. The maximum atomic E-state index is 13.4. The summed E-state index contributed by atoms with van der Waals surface area (Å²) in [4.78, 5) is 2.43. The summed E-state index contributed by atoms with van der Waals surface area (Å²) in [5, 5.41) is 12.4. The highest BCUT2D eigenvalue weighted by atomic mass is 19.1. The first-order valence-electron chi connectivity index (χ1n) is 7.04. The summed E-state index contributed by atoms with van der Waals surface area (Å²) in [5.74, 6) is -0.148. The van der Waals surface area contributed by atoms with Crippen molar-refractivity contribution in [1.29, 1.82) is 0 Å². The van der Waals surface area contributed by atoms with Crippen molar-refractivity contribution in [3.8, 4) is 0 Å². The van der Waals surface area contributed by atoms with Gasteiger partial charge in [0.15, 0.2) is 0 Å². The number of hydrogen-bond donors (Lipinski definition) is 2. The van der Waals surface area contributed by atoms with Gasteiger partial charge in [0.2, 0.25) is 0 Å². The highest BCUT2D eigenvalue weighted by Gasteiger charge is 2.22. The second-order valence-electron chi connectivity index (χ2n) is 5.18. The zero-order valence-corrected chi connectivity index (χ0v) is 11.5. The third-order valence-electron chi connectivity index (χ3n) is 3.79. The van der Waals surface area contributed by atoms with E-state index in [0.29, 0.717) is 5.56 Å². The molecule has 1 atom stereocenters. The summed E-state index contributed by atoms with van der Waals surface area (Å²) in [6, 6.07) is 5.67. The second-order valence-corrected chi connectivity index (χ2v) is 5.18. The van der Waals surface area contributed by atoms with Crippen LogP contribution in [0.4, 0.5) is 4.39 Å². The van der Waals surface area contributed by atoms with Crippen LogP contribution in [0.5, 0.6) is 0 Å². The first kappa shape index (κ1) is 14.4. The first-order chi connectivity index (χ1) is 9.22. The van der Waals surface area contributed by atoms with E-state index in [1.165, 1.54) is 0 Å². The van der Waals surface area contributed by atoms with Crippen molar-refractivity contribution in [2.75, 3.05) is 32.8 Å². The fraction of sp³-hybridized carbons (Fsp3) is 0.600. The molecule has 1 heterocycles. The highest BCUT2D eigenvalue weighted by molar-refractivity contribution is 5.26. The Kier molecular flexibility index (Phi) is 5.31. The van der Waals surface area contributed by atoms with Gasteiger partial charge in [-0.25, -0.2) is 4.39 Å². The van der Waals surface area contributed by atoms with Crippen LogP contribution in [0.1, 0.15) is 30.0 Å². The molecule has 1 saturated heterocycles.